The highest BCUT2D eigenvalue weighted by Crippen LogP contribution is 2.23. The molecule has 3 N–H and O–H groups in total. The third-order valence-electron chi connectivity index (χ3n) is 5.20. The molecule has 1 atom stereocenters. The van der Waals surface area contributed by atoms with Crippen LogP contribution >= 0.6 is 24.0 Å². The van der Waals surface area contributed by atoms with E-state index in [2.05, 4.69) is 32.9 Å². The Hall–Kier alpha value is -2.77. The second-order valence-electron chi connectivity index (χ2n) is 7.97. The summed E-state index contributed by atoms with van der Waals surface area (Å²) in [6.45, 7) is 7.40. The van der Waals surface area contributed by atoms with Gasteiger partial charge in [0.1, 0.15) is 5.75 Å². The summed E-state index contributed by atoms with van der Waals surface area (Å²) >= 11 is 0. The fourth-order valence-corrected chi connectivity index (χ4v) is 3.41. The third kappa shape index (κ3) is 8.88. The average Bonchev–Trinajstić information content (AvgIpc) is 3.34. The number of carbonyl (C=O) groups is 1. The van der Waals surface area contributed by atoms with E-state index < -0.39 is 0 Å². The molecule has 8 heteroatoms. The van der Waals surface area contributed by atoms with Gasteiger partial charge >= 0.3 is 0 Å². The number of aliphatic imine (C=N–C) groups is 1. The molecule has 0 radical (unpaired) electrons. The molecule has 0 aromatic heterocycles. The number of hydrogen-bond acceptors (Lipinski definition) is 4. The van der Waals surface area contributed by atoms with Crippen LogP contribution in [0.25, 0.3) is 0 Å². The van der Waals surface area contributed by atoms with Crippen LogP contribution < -0.4 is 20.7 Å². The summed E-state index contributed by atoms with van der Waals surface area (Å²) in [5.74, 6) is 4.20. The maximum atomic E-state index is 12.4. The van der Waals surface area contributed by atoms with Crippen molar-refractivity contribution in [2.45, 2.75) is 26.8 Å². The first-order valence-electron chi connectivity index (χ1n) is 11.3. The van der Waals surface area contributed by atoms with Gasteiger partial charge in [-0.1, -0.05) is 24.1 Å². The summed E-state index contributed by atoms with van der Waals surface area (Å²) in [6.07, 6.45) is 6.45. The number of guanidine groups is 1. The van der Waals surface area contributed by atoms with Crippen LogP contribution in [0.4, 0.5) is 5.69 Å². The minimum Gasteiger partial charge on any atom is -0.493 e. The molecular formula is C26H33IN4O3. The van der Waals surface area contributed by atoms with Crippen molar-refractivity contribution in [3.05, 3.63) is 59.2 Å². The molecule has 0 spiro atoms. The van der Waals surface area contributed by atoms with Crippen molar-refractivity contribution in [1.82, 2.24) is 10.6 Å². The van der Waals surface area contributed by atoms with Gasteiger partial charge in [0.05, 0.1) is 26.3 Å². The lowest BCUT2D eigenvalue weighted by molar-refractivity contribution is -0.115. The fraction of sp³-hybridized carbons (Fsp3) is 0.385. The van der Waals surface area contributed by atoms with Gasteiger partial charge in [-0.25, -0.2) is 4.99 Å². The predicted octanol–water partition coefficient (Wildman–Crippen LogP) is 3.70. The first-order valence-corrected chi connectivity index (χ1v) is 11.3. The van der Waals surface area contributed by atoms with Gasteiger partial charge in [-0.15, -0.1) is 30.4 Å². The molecule has 1 fully saturated rings. The number of benzene rings is 2. The van der Waals surface area contributed by atoms with E-state index in [0.29, 0.717) is 42.8 Å². The molecule has 182 valence electrons. The Balaban J connectivity index is 0.00000408. The van der Waals surface area contributed by atoms with E-state index in [1.807, 2.05) is 38.1 Å². The van der Waals surface area contributed by atoms with Gasteiger partial charge in [0.25, 0.3) is 0 Å². The van der Waals surface area contributed by atoms with Crippen LogP contribution in [0.5, 0.6) is 5.75 Å². The molecule has 2 aromatic carbocycles. The van der Waals surface area contributed by atoms with Crippen molar-refractivity contribution >= 4 is 41.5 Å². The standard InChI is InChI=1S/C26H32N4O3.HI/c1-4-20-7-6-8-23(14-20)30-25(31)16-29-26(27-5-2)28-15-22-10-9-19(3)13-24(22)33-18-21-11-12-32-17-21;/h1,6-10,13-14,21H,5,11-12,15-18H2,2-3H3,(H,30,31)(H2,27,28,29);1H. The zero-order chi connectivity index (χ0) is 23.5. The molecule has 1 saturated heterocycles. The summed E-state index contributed by atoms with van der Waals surface area (Å²) in [5, 5.41) is 9.09. The molecule has 0 bridgehead atoms. The van der Waals surface area contributed by atoms with Crippen molar-refractivity contribution in [2.75, 3.05) is 38.2 Å². The van der Waals surface area contributed by atoms with Crippen LogP contribution in [0.15, 0.2) is 47.5 Å². The zero-order valence-corrected chi connectivity index (χ0v) is 22.1. The largest absolute Gasteiger partial charge is 0.493 e. The summed E-state index contributed by atoms with van der Waals surface area (Å²) < 4.78 is 11.6. The third-order valence-corrected chi connectivity index (χ3v) is 5.20. The van der Waals surface area contributed by atoms with Crippen molar-refractivity contribution in [3.63, 3.8) is 0 Å². The highest BCUT2D eigenvalue weighted by Gasteiger charge is 2.17. The number of carbonyl (C=O) groups excluding carboxylic acids is 1. The van der Waals surface area contributed by atoms with Gasteiger partial charge in [0.2, 0.25) is 5.91 Å². The molecule has 2 aromatic rings. The van der Waals surface area contributed by atoms with E-state index in [1.165, 1.54) is 0 Å². The number of amides is 1. The lowest BCUT2D eigenvalue weighted by atomic mass is 10.1. The average molecular weight is 576 g/mol. The molecule has 34 heavy (non-hydrogen) atoms. The van der Waals surface area contributed by atoms with Crippen molar-refractivity contribution in [3.8, 4) is 18.1 Å². The van der Waals surface area contributed by atoms with Crippen LogP contribution in [-0.4, -0.2) is 44.8 Å². The number of halogens is 1. The second kappa shape index (κ2) is 14.5. The molecule has 1 aliphatic heterocycles. The molecule has 1 amide bonds. The van der Waals surface area contributed by atoms with E-state index in [-0.39, 0.29) is 36.4 Å². The van der Waals surface area contributed by atoms with Crippen molar-refractivity contribution in [2.24, 2.45) is 10.9 Å². The van der Waals surface area contributed by atoms with Crippen LogP contribution in [0.2, 0.25) is 0 Å². The molecule has 7 nitrogen and oxygen atoms in total. The van der Waals surface area contributed by atoms with E-state index in [0.717, 1.165) is 36.5 Å². The Bertz CT molecular complexity index is 1010. The Morgan fingerprint density at radius 1 is 1.26 bits per heavy atom. The molecule has 1 heterocycles. The summed E-state index contributed by atoms with van der Waals surface area (Å²) in [6, 6.07) is 13.3. The monoisotopic (exact) mass is 576 g/mol. The van der Waals surface area contributed by atoms with Crippen LogP contribution in [0.3, 0.4) is 0 Å². The van der Waals surface area contributed by atoms with Gasteiger partial charge < -0.3 is 25.4 Å². The number of terminal acetylenes is 1. The minimum absolute atomic E-state index is 0. The van der Waals surface area contributed by atoms with Crippen molar-refractivity contribution < 1.29 is 14.3 Å². The Morgan fingerprint density at radius 2 is 2.12 bits per heavy atom. The van der Waals surface area contributed by atoms with Crippen LogP contribution in [-0.2, 0) is 16.1 Å². The fourth-order valence-electron chi connectivity index (χ4n) is 3.41. The summed E-state index contributed by atoms with van der Waals surface area (Å²) in [7, 11) is 0. The first kappa shape index (κ1) is 27.5. The zero-order valence-electron chi connectivity index (χ0n) is 19.7. The number of hydrogen-bond donors (Lipinski definition) is 3. The van der Waals surface area contributed by atoms with Crippen LogP contribution in [0, 0.1) is 25.2 Å². The smallest absolute Gasteiger partial charge is 0.243 e. The second-order valence-corrected chi connectivity index (χ2v) is 7.97. The number of aryl methyl sites for hydroxylation is 1. The van der Waals surface area contributed by atoms with Gasteiger partial charge in [-0.2, -0.15) is 0 Å². The van der Waals surface area contributed by atoms with Crippen molar-refractivity contribution in [1.29, 1.82) is 0 Å². The Kier molecular flexibility index (Phi) is 11.7. The van der Waals surface area contributed by atoms with Gasteiger partial charge in [0.15, 0.2) is 5.96 Å². The quantitative estimate of drug-likeness (QED) is 0.184. The van der Waals surface area contributed by atoms with E-state index >= 15 is 0 Å². The lowest BCUT2D eigenvalue weighted by Gasteiger charge is -2.15. The summed E-state index contributed by atoms with van der Waals surface area (Å²) in [4.78, 5) is 17.0. The number of nitrogens with zero attached hydrogens (tertiary/aromatic N) is 1. The van der Waals surface area contributed by atoms with E-state index in [4.69, 9.17) is 15.9 Å². The minimum atomic E-state index is -0.187. The van der Waals surface area contributed by atoms with Gasteiger partial charge in [0, 0.05) is 35.9 Å². The molecule has 0 aliphatic carbocycles. The Labute approximate surface area is 219 Å². The summed E-state index contributed by atoms with van der Waals surface area (Å²) in [5.41, 5.74) is 3.50. The topological polar surface area (TPSA) is 84.0 Å². The number of ether oxygens (including phenoxy) is 2. The predicted molar refractivity (Wildman–Crippen MR) is 147 cm³/mol. The Morgan fingerprint density at radius 3 is 2.85 bits per heavy atom. The first-order chi connectivity index (χ1) is 16.1. The normalized spacial score (nSPS) is 15.1. The molecule has 0 saturated carbocycles. The molecule has 3 rings (SSSR count). The van der Waals surface area contributed by atoms with Gasteiger partial charge in [-0.05, 0) is 50.1 Å². The SMILES string of the molecule is C#Cc1cccc(NC(=O)CNC(=NCc2ccc(C)cc2OCC2CCOC2)NCC)c1.I. The number of anilines is 1. The molecule has 1 unspecified atom stereocenters. The number of rotatable bonds is 9. The number of nitrogens with one attached hydrogen (secondary N) is 3. The van der Waals surface area contributed by atoms with E-state index in [9.17, 15) is 4.79 Å². The van der Waals surface area contributed by atoms with E-state index in [1.54, 1.807) is 12.1 Å². The molecular weight excluding hydrogens is 543 g/mol. The highest BCUT2D eigenvalue weighted by atomic mass is 127. The maximum Gasteiger partial charge on any atom is 0.243 e. The lowest BCUT2D eigenvalue weighted by Crippen LogP contribution is -2.41. The highest BCUT2D eigenvalue weighted by molar-refractivity contribution is 14.0. The molecule has 1 aliphatic rings. The van der Waals surface area contributed by atoms with Gasteiger partial charge in [-0.3, -0.25) is 4.79 Å². The van der Waals surface area contributed by atoms with Crippen LogP contribution in [0.1, 0.15) is 30.0 Å². The maximum absolute atomic E-state index is 12.4.